The second-order valence-corrected chi connectivity index (χ2v) is 8.03. The van der Waals surface area contributed by atoms with Crippen molar-refractivity contribution < 1.29 is 14.3 Å². The molecule has 5 nitrogen and oxygen atoms in total. The number of ether oxygens (including phenoxy) is 1. The standard InChI is InChI=1S/C21H28N2O3/c1-2-22-10-7-16(8-11-22)13-20(25)23-12-9-21(15-23)14-18(24)17-5-3-4-6-19(17)26-21/h3-6,16H,2,7-15H2,1H3. The molecule has 3 aliphatic heterocycles. The van der Waals surface area contributed by atoms with Crippen LogP contribution in [0.2, 0.25) is 0 Å². The van der Waals surface area contributed by atoms with Crippen molar-refractivity contribution in [1.82, 2.24) is 9.80 Å². The molecular weight excluding hydrogens is 328 g/mol. The van der Waals surface area contributed by atoms with E-state index in [0.717, 1.165) is 38.9 Å². The number of carbonyl (C=O) groups is 2. The van der Waals surface area contributed by atoms with Crippen LogP contribution in [0.3, 0.4) is 0 Å². The first kappa shape index (κ1) is 17.5. The highest BCUT2D eigenvalue weighted by Gasteiger charge is 2.47. The summed E-state index contributed by atoms with van der Waals surface area (Å²) in [5, 5.41) is 0. The molecule has 0 N–H and O–H groups in total. The predicted molar refractivity (Wildman–Crippen MR) is 99.4 cm³/mol. The number of para-hydroxylation sites is 1. The van der Waals surface area contributed by atoms with Crippen molar-refractivity contribution in [2.45, 2.75) is 44.6 Å². The van der Waals surface area contributed by atoms with Crippen LogP contribution in [0.5, 0.6) is 5.75 Å². The molecule has 26 heavy (non-hydrogen) atoms. The highest BCUT2D eigenvalue weighted by molar-refractivity contribution is 6.00. The fraction of sp³-hybridized carbons (Fsp3) is 0.619. The molecule has 1 unspecified atom stereocenters. The number of ketones is 1. The van der Waals surface area contributed by atoms with Crippen LogP contribution in [0, 0.1) is 5.92 Å². The quantitative estimate of drug-likeness (QED) is 0.836. The molecule has 1 spiro atoms. The van der Waals surface area contributed by atoms with Gasteiger partial charge in [-0.25, -0.2) is 0 Å². The molecule has 4 rings (SSSR count). The molecule has 5 heteroatoms. The number of Topliss-reactive ketones (excluding diaryl/α,β-unsaturated/α-hetero) is 1. The van der Waals surface area contributed by atoms with Gasteiger partial charge in [0.1, 0.15) is 11.4 Å². The summed E-state index contributed by atoms with van der Waals surface area (Å²) in [6.07, 6.45) is 3.98. The minimum atomic E-state index is -0.521. The van der Waals surface area contributed by atoms with Gasteiger partial charge in [-0.2, -0.15) is 0 Å². The fourth-order valence-electron chi connectivity index (χ4n) is 4.61. The number of likely N-dealkylation sites (tertiary alicyclic amines) is 2. The van der Waals surface area contributed by atoms with E-state index in [1.165, 1.54) is 0 Å². The normalized spacial score (nSPS) is 26.8. The van der Waals surface area contributed by atoms with Crippen LogP contribution < -0.4 is 4.74 Å². The maximum absolute atomic E-state index is 12.8. The van der Waals surface area contributed by atoms with E-state index in [2.05, 4.69) is 11.8 Å². The third-order valence-corrected chi connectivity index (χ3v) is 6.28. The Morgan fingerprint density at radius 1 is 1.23 bits per heavy atom. The molecule has 0 aliphatic carbocycles. The molecular formula is C21H28N2O3. The number of piperidine rings is 1. The van der Waals surface area contributed by atoms with Crippen LogP contribution in [0.1, 0.15) is 49.4 Å². The summed E-state index contributed by atoms with van der Waals surface area (Å²) in [6, 6.07) is 7.45. The number of benzene rings is 1. The number of nitrogens with zero attached hydrogens (tertiary/aromatic N) is 2. The van der Waals surface area contributed by atoms with Gasteiger partial charge < -0.3 is 14.5 Å². The smallest absolute Gasteiger partial charge is 0.222 e. The Labute approximate surface area is 155 Å². The van der Waals surface area contributed by atoms with Crippen LogP contribution in [-0.2, 0) is 4.79 Å². The van der Waals surface area contributed by atoms with Crippen LogP contribution in [0.4, 0.5) is 0 Å². The Morgan fingerprint density at radius 2 is 2.00 bits per heavy atom. The average molecular weight is 356 g/mol. The Morgan fingerprint density at radius 3 is 2.77 bits per heavy atom. The Kier molecular flexibility index (Phi) is 4.74. The topological polar surface area (TPSA) is 49.9 Å². The molecule has 2 fully saturated rings. The monoisotopic (exact) mass is 356 g/mol. The van der Waals surface area contributed by atoms with E-state index in [0.29, 0.717) is 43.2 Å². The molecule has 140 valence electrons. The van der Waals surface area contributed by atoms with Crippen molar-refractivity contribution in [2.24, 2.45) is 5.92 Å². The first-order chi connectivity index (χ1) is 12.6. The third kappa shape index (κ3) is 3.37. The van der Waals surface area contributed by atoms with Crippen LogP contribution in [-0.4, -0.2) is 59.8 Å². The van der Waals surface area contributed by atoms with Gasteiger partial charge >= 0.3 is 0 Å². The first-order valence-corrected chi connectivity index (χ1v) is 9.90. The van der Waals surface area contributed by atoms with E-state index in [1.807, 2.05) is 29.2 Å². The predicted octanol–water partition coefficient (Wildman–Crippen LogP) is 2.74. The average Bonchev–Trinajstić information content (AvgIpc) is 3.05. The van der Waals surface area contributed by atoms with Crippen molar-refractivity contribution in [3.05, 3.63) is 29.8 Å². The minimum absolute atomic E-state index is 0.132. The number of carbonyl (C=O) groups excluding carboxylic acids is 2. The van der Waals surface area contributed by atoms with Gasteiger partial charge in [-0.3, -0.25) is 9.59 Å². The van der Waals surface area contributed by atoms with Gasteiger partial charge in [-0.1, -0.05) is 19.1 Å². The molecule has 0 aromatic heterocycles. The lowest BCUT2D eigenvalue weighted by Gasteiger charge is -2.35. The van der Waals surface area contributed by atoms with E-state index in [1.54, 1.807) is 0 Å². The molecule has 1 amide bonds. The van der Waals surface area contributed by atoms with E-state index in [9.17, 15) is 9.59 Å². The summed E-state index contributed by atoms with van der Waals surface area (Å²) in [5.41, 5.74) is 0.151. The summed E-state index contributed by atoms with van der Waals surface area (Å²) in [5.74, 6) is 1.53. The van der Waals surface area contributed by atoms with Gasteiger partial charge in [-0.05, 0) is 50.5 Å². The van der Waals surface area contributed by atoms with Gasteiger partial charge in [0.05, 0.1) is 18.5 Å². The summed E-state index contributed by atoms with van der Waals surface area (Å²) in [6.45, 7) is 6.74. The van der Waals surface area contributed by atoms with Crippen molar-refractivity contribution >= 4 is 11.7 Å². The van der Waals surface area contributed by atoms with Crippen LogP contribution in [0.25, 0.3) is 0 Å². The van der Waals surface area contributed by atoms with E-state index in [-0.39, 0.29) is 11.7 Å². The van der Waals surface area contributed by atoms with Crippen molar-refractivity contribution in [2.75, 3.05) is 32.7 Å². The number of hydrogen-bond donors (Lipinski definition) is 0. The third-order valence-electron chi connectivity index (χ3n) is 6.28. The van der Waals surface area contributed by atoms with E-state index in [4.69, 9.17) is 4.74 Å². The molecule has 2 saturated heterocycles. The highest BCUT2D eigenvalue weighted by atomic mass is 16.5. The summed E-state index contributed by atoms with van der Waals surface area (Å²) < 4.78 is 6.23. The lowest BCUT2D eigenvalue weighted by Crippen LogP contribution is -2.45. The number of amides is 1. The lowest BCUT2D eigenvalue weighted by molar-refractivity contribution is -0.132. The molecule has 3 aliphatic rings. The van der Waals surface area contributed by atoms with Gasteiger partial charge in [0.2, 0.25) is 5.91 Å². The van der Waals surface area contributed by atoms with Crippen molar-refractivity contribution in [1.29, 1.82) is 0 Å². The van der Waals surface area contributed by atoms with Crippen molar-refractivity contribution in [3.63, 3.8) is 0 Å². The minimum Gasteiger partial charge on any atom is -0.484 e. The van der Waals surface area contributed by atoms with Crippen LogP contribution >= 0.6 is 0 Å². The molecule has 3 heterocycles. The van der Waals surface area contributed by atoms with E-state index < -0.39 is 5.60 Å². The van der Waals surface area contributed by atoms with Gasteiger partial charge in [0.25, 0.3) is 0 Å². The second kappa shape index (κ2) is 7.03. The van der Waals surface area contributed by atoms with Crippen LogP contribution in [0.15, 0.2) is 24.3 Å². The zero-order valence-corrected chi connectivity index (χ0v) is 15.6. The van der Waals surface area contributed by atoms with E-state index >= 15 is 0 Å². The Hall–Kier alpha value is -1.88. The molecule has 1 aromatic rings. The van der Waals surface area contributed by atoms with Gasteiger partial charge in [0, 0.05) is 19.4 Å². The first-order valence-electron chi connectivity index (χ1n) is 9.90. The Bertz CT molecular complexity index is 696. The lowest BCUT2D eigenvalue weighted by atomic mass is 9.89. The second-order valence-electron chi connectivity index (χ2n) is 8.03. The Balaban J connectivity index is 1.37. The fourth-order valence-corrected chi connectivity index (χ4v) is 4.61. The maximum Gasteiger partial charge on any atom is 0.222 e. The molecule has 0 saturated carbocycles. The summed E-state index contributed by atoms with van der Waals surface area (Å²) >= 11 is 0. The van der Waals surface area contributed by atoms with Gasteiger partial charge in [-0.15, -0.1) is 0 Å². The molecule has 0 bridgehead atoms. The largest absolute Gasteiger partial charge is 0.484 e. The molecule has 1 aromatic carbocycles. The van der Waals surface area contributed by atoms with Crippen molar-refractivity contribution in [3.8, 4) is 5.75 Å². The zero-order chi connectivity index (χ0) is 18.1. The number of fused-ring (bicyclic) bond motifs is 1. The summed E-state index contributed by atoms with van der Waals surface area (Å²) in [7, 11) is 0. The molecule has 1 atom stereocenters. The van der Waals surface area contributed by atoms with Gasteiger partial charge in [0.15, 0.2) is 5.78 Å². The number of rotatable bonds is 3. The highest BCUT2D eigenvalue weighted by Crippen LogP contribution is 2.39. The molecule has 0 radical (unpaired) electrons. The maximum atomic E-state index is 12.8. The zero-order valence-electron chi connectivity index (χ0n) is 15.6. The SMILES string of the molecule is CCN1CCC(CC(=O)N2CCC3(CC(=O)c4ccccc4O3)C2)CC1. The number of hydrogen-bond acceptors (Lipinski definition) is 4. The summed E-state index contributed by atoms with van der Waals surface area (Å²) in [4.78, 5) is 29.7.